The van der Waals surface area contributed by atoms with Crippen molar-refractivity contribution in [2.24, 2.45) is 7.05 Å². The summed E-state index contributed by atoms with van der Waals surface area (Å²) in [6.45, 7) is 1.76. The molecular formula is C12H13N5O4. The fourth-order valence-electron chi connectivity index (χ4n) is 1.93. The first-order valence-corrected chi connectivity index (χ1v) is 6.02. The van der Waals surface area contributed by atoms with Crippen molar-refractivity contribution in [3.8, 4) is 0 Å². The Kier molecular flexibility index (Phi) is 3.83. The summed E-state index contributed by atoms with van der Waals surface area (Å²) in [4.78, 5) is 21.4. The van der Waals surface area contributed by atoms with E-state index in [1.54, 1.807) is 18.5 Å². The largest absolute Gasteiger partial charge is 0.478 e. The second-order valence-electron chi connectivity index (χ2n) is 4.46. The van der Waals surface area contributed by atoms with Crippen LogP contribution in [0.1, 0.15) is 29.1 Å². The average Bonchev–Trinajstić information content (AvgIpc) is 2.84. The highest BCUT2D eigenvalue weighted by molar-refractivity contribution is 5.94. The number of non-ortho nitro benzene ring substituents is 1. The Bertz CT molecular complexity index is 697. The first-order valence-electron chi connectivity index (χ1n) is 6.02. The summed E-state index contributed by atoms with van der Waals surface area (Å²) >= 11 is 0. The molecule has 1 heterocycles. The Morgan fingerprint density at radius 2 is 2.24 bits per heavy atom. The normalized spacial score (nSPS) is 11.9. The molecule has 0 amide bonds. The van der Waals surface area contributed by atoms with Crippen molar-refractivity contribution in [3.05, 3.63) is 46.0 Å². The van der Waals surface area contributed by atoms with E-state index in [0.717, 1.165) is 6.07 Å². The molecule has 21 heavy (non-hydrogen) atoms. The number of rotatable bonds is 5. The van der Waals surface area contributed by atoms with E-state index in [1.165, 1.54) is 18.5 Å². The SMILES string of the molecule is CC(Nc1cc([N+](=O)[O-])ccc1C(=O)O)c1nncn1C. The van der Waals surface area contributed by atoms with Gasteiger partial charge in [0.05, 0.1) is 22.2 Å². The van der Waals surface area contributed by atoms with Gasteiger partial charge in [0.2, 0.25) is 0 Å². The van der Waals surface area contributed by atoms with Crippen LogP contribution < -0.4 is 5.32 Å². The number of anilines is 1. The van der Waals surface area contributed by atoms with Gasteiger partial charge >= 0.3 is 5.97 Å². The molecule has 2 N–H and O–H groups in total. The minimum atomic E-state index is -1.17. The first kappa shape index (κ1) is 14.4. The van der Waals surface area contributed by atoms with Gasteiger partial charge in [0, 0.05) is 19.2 Å². The fraction of sp³-hybridized carbons (Fsp3) is 0.250. The Morgan fingerprint density at radius 1 is 1.52 bits per heavy atom. The zero-order chi connectivity index (χ0) is 15.6. The third-order valence-corrected chi connectivity index (χ3v) is 2.95. The molecule has 1 aromatic carbocycles. The number of hydrogen-bond acceptors (Lipinski definition) is 6. The van der Waals surface area contributed by atoms with Gasteiger partial charge in [-0.15, -0.1) is 10.2 Å². The smallest absolute Gasteiger partial charge is 0.337 e. The Labute approximate surface area is 119 Å². The number of nitrogens with zero attached hydrogens (tertiary/aromatic N) is 4. The maximum atomic E-state index is 11.2. The number of aromatic carboxylic acids is 1. The van der Waals surface area contributed by atoms with E-state index < -0.39 is 10.9 Å². The summed E-state index contributed by atoms with van der Waals surface area (Å²) < 4.78 is 1.68. The third-order valence-electron chi connectivity index (χ3n) is 2.95. The van der Waals surface area contributed by atoms with Crippen molar-refractivity contribution in [1.82, 2.24) is 14.8 Å². The number of carbonyl (C=O) groups is 1. The van der Waals surface area contributed by atoms with Crippen molar-refractivity contribution in [3.63, 3.8) is 0 Å². The topological polar surface area (TPSA) is 123 Å². The van der Waals surface area contributed by atoms with Crippen molar-refractivity contribution >= 4 is 17.3 Å². The van der Waals surface area contributed by atoms with Crippen LogP contribution in [0.4, 0.5) is 11.4 Å². The summed E-state index contributed by atoms with van der Waals surface area (Å²) in [6, 6.07) is 3.18. The molecule has 0 aliphatic rings. The number of nitrogens with one attached hydrogen (secondary N) is 1. The van der Waals surface area contributed by atoms with E-state index >= 15 is 0 Å². The van der Waals surface area contributed by atoms with Crippen LogP contribution in [0.5, 0.6) is 0 Å². The van der Waals surface area contributed by atoms with Crippen LogP contribution in [-0.2, 0) is 7.05 Å². The number of benzene rings is 1. The molecule has 9 nitrogen and oxygen atoms in total. The fourth-order valence-corrected chi connectivity index (χ4v) is 1.93. The number of aryl methyl sites for hydroxylation is 1. The molecule has 9 heteroatoms. The molecule has 0 aliphatic carbocycles. The maximum absolute atomic E-state index is 11.2. The van der Waals surface area contributed by atoms with Gasteiger partial charge in [-0.05, 0) is 13.0 Å². The molecule has 0 saturated heterocycles. The van der Waals surface area contributed by atoms with Crippen LogP contribution in [0.25, 0.3) is 0 Å². The Morgan fingerprint density at radius 3 is 2.76 bits per heavy atom. The Balaban J connectivity index is 2.37. The number of aromatic nitrogens is 3. The van der Waals surface area contributed by atoms with E-state index in [2.05, 4.69) is 15.5 Å². The van der Waals surface area contributed by atoms with E-state index in [1.807, 2.05) is 0 Å². The van der Waals surface area contributed by atoms with Crippen LogP contribution >= 0.6 is 0 Å². The van der Waals surface area contributed by atoms with E-state index in [4.69, 9.17) is 5.11 Å². The van der Waals surface area contributed by atoms with Gasteiger partial charge in [0.25, 0.3) is 5.69 Å². The number of carboxylic acid groups (broad SMARTS) is 1. The van der Waals surface area contributed by atoms with Crippen LogP contribution in [0.3, 0.4) is 0 Å². The second-order valence-corrected chi connectivity index (χ2v) is 4.46. The third kappa shape index (κ3) is 2.96. The summed E-state index contributed by atoms with van der Waals surface area (Å²) in [7, 11) is 1.75. The summed E-state index contributed by atoms with van der Waals surface area (Å²) in [6.07, 6.45) is 1.51. The van der Waals surface area contributed by atoms with Crippen molar-refractivity contribution in [1.29, 1.82) is 0 Å². The monoisotopic (exact) mass is 291 g/mol. The minimum absolute atomic E-state index is 0.0466. The van der Waals surface area contributed by atoms with Crippen molar-refractivity contribution in [2.45, 2.75) is 13.0 Å². The second kappa shape index (κ2) is 5.57. The lowest BCUT2D eigenvalue weighted by molar-refractivity contribution is -0.384. The van der Waals surface area contributed by atoms with Gasteiger partial charge in [-0.1, -0.05) is 0 Å². The van der Waals surface area contributed by atoms with Gasteiger partial charge in [0.15, 0.2) is 5.82 Å². The lowest BCUT2D eigenvalue weighted by Crippen LogP contribution is -2.14. The molecule has 0 radical (unpaired) electrons. The predicted molar refractivity (Wildman–Crippen MR) is 73.1 cm³/mol. The number of carboxylic acids is 1. The average molecular weight is 291 g/mol. The van der Waals surface area contributed by atoms with Crippen LogP contribution in [0.2, 0.25) is 0 Å². The molecule has 2 aromatic rings. The van der Waals surface area contributed by atoms with Crippen molar-refractivity contribution < 1.29 is 14.8 Å². The lowest BCUT2D eigenvalue weighted by atomic mass is 10.1. The number of hydrogen-bond donors (Lipinski definition) is 2. The molecule has 1 aromatic heterocycles. The standard InChI is InChI=1S/C12H13N5O4/c1-7(11-15-13-6-16(11)2)14-10-5-8(17(20)21)3-4-9(10)12(18)19/h3-7,14H,1-2H3,(H,18,19). The summed E-state index contributed by atoms with van der Waals surface area (Å²) in [5.41, 5.74) is -0.0746. The van der Waals surface area contributed by atoms with E-state index in [9.17, 15) is 14.9 Å². The van der Waals surface area contributed by atoms with Gasteiger partial charge in [0.1, 0.15) is 6.33 Å². The number of nitro benzene ring substituents is 1. The predicted octanol–water partition coefficient (Wildman–Crippen LogP) is 1.59. The molecule has 0 spiro atoms. The molecular weight excluding hydrogens is 278 g/mol. The van der Waals surface area contributed by atoms with Gasteiger partial charge in [-0.2, -0.15) is 0 Å². The van der Waals surface area contributed by atoms with E-state index in [0.29, 0.717) is 5.82 Å². The highest BCUT2D eigenvalue weighted by Crippen LogP contribution is 2.26. The quantitative estimate of drug-likeness (QED) is 0.633. The van der Waals surface area contributed by atoms with Gasteiger partial charge in [-0.25, -0.2) is 4.79 Å². The number of nitro groups is 1. The zero-order valence-electron chi connectivity index (χ0n) is 11.3. The van der Waals surface area contributed by atoms with Gasteiger partial charge in [-0.3, -0.25) is 10.1 Å². The molecule has 2 rings (SSSR count). The van der Waals surface area contributed by atoms with Crippen LogP contribution in [0.15, 0.2) is 24.5 Å². The zero-order valence-corrected chi connectivity index (χ0v) is 11.3. The first-order chi connectivity index (χ1) is 9.90. The molecule has 1 atom stereocenters. The molecule has 0 fully saturated rings. The summed E-state index contributed by atoms with van der Waals surface area (Å²) in [5.74, 6) is -0.588. The highest BCUT2D eigenvalue weighted by atomic mass is 16.6. The molecule has 1 unspecified atom stereocenters. The van der Waals surface area contributed by atoms with E-state index in [-0.39, 0.29) is 23.0 Å². The molecule has 0 saturated carbocycles. The summed E-state index contributed by atoms with van der Waals surface area (Å²) in [5, 5.41) is 30.5. The molecule has 110 valence electrons. The lowest BCUT2D eigenvalue weighted by Gasteiger charge is -2.15. The van der Waals surface area contributed by atoms with Crippen LogP contribution in [0, 0.1) is 10.1 Å². The molecule has 0 aliphatic heterocycles. The maximum Gasteiger partial charge on any atom is 0.337 e. The van der Waals surface area contributed by atoms with Crippen LogP contribution in [-0.4, -0.2) is 30.8 Å². The Hall–Kier alpha value is -2.97. The van der Waals surface area contributed by atoms with Crippen molar-refractivity contribution in [2.75, 3.05) is 5.32 Å². The van der Waals surface area contributed by atoms with Gasteiger partial charge < -0.3 is 15.0 Å². The minimum Gasteiger partial charge on any atom is -0.478 e. The molecule has 0 bridgehead atoms. The highest BCUT2D eigenvalue weighted by Gasteiger charge is 2.19.